The summed E-state index contributed by atoms with van der Waals surface area (Å²) in [6.07, 6.45) is 5.39. The van der Waals surface area contributed by atoms with Crippen LogP contribution in [-0.2, 0) is 9.47 Å². The molecule has 0 unspecified atom stereocenters. The SMILES string of the molecule is C#CCN1C(C)(C)CC(OC(=O)NCOC(=O)NC)CC1(C)C. The number of hydrogen-bond acceptors (Lipinski definition) is 5. The zero-order valence-corrected chi connectivity index (χ0v) is 14.6. The Morgan fingerprint density at radius 1 is 1.22 bits per heavy atom. The van der Waals surface area contributed by atoms with Crippen LogP contribution in [0.15, 0.2) is 0 Å². The van der Waals surface area contributed by atoms with Crippen molar-refractivity contribution in [1.82, 2.24) is 15.5 Å². The molecule has 0 aromatic heterocycles. The summed E-state index contributed by atoms with van der Waals surface area (Å²) in [5, 5.41) is 4.68. The van der Waals surface area contributed by atoms with Crippen molar-refractivity contribution in [3.63, 3.8) is 0 Å². The fourth-order valence-corrected chi connectivity index (χ4v) is 3.25. The summed E-state index contributed by atoms with van der Waals surface area (Å²) in [7, 11) is 1.44. The van der Waals surface area contributed by atoms with Crippen LogP contribution in [0.3, 0.4) is 0 Å². The van der Waals surface area contributed by atoms with E-state index in [2.05, 4.69) is 53.9 Å². The maximum absolute atomic E-state index is 11.8. The number of nitrogens with zero attached hydrogens (tertiary/aromatic N) is 1. The molecule has 0 atom stereocenters. The second-order valence-corrected chi connectivity index (χ2v) is 6.85. The number of piperidine rings is 1. The van der Waals surface area contributed by atoms with Crippen LogP contribution < -0.4 is 10.6 Å². The summed E-state index contributed by atoms with van der Waals surface area (Å²) in [5.74, 6) is 2.70. The Hall–Kier alpha value is -1.94. The van der Waals surface area contributed by atoms with Gasteiger partial charge in [0.15, 0.2) is 6.73 Å². The Labute approximate surface area is 138 Å². The Balaban J connectivity index is 2.58. The minimum Gasteiger partial charge on any atom is -0.446 e. The van der Waals surface area contributed by atoms with Gasteiger partial charge < -0.3 is 14.8 Å². The third-order valence-corrected chi connectivity index (χ3v) is 4.06. The van der Waals surface area contributed by atoms with E-state index in [-0.39, 0.29) is 23.9 Å². The quantitative estimate of drug-likeness (QED) is 0.607. The van der Waals surface area contributed by atoms with E-state index in [1.54, 1.807) is 0 Å². The van der Waals surface area contributed by atoms with E-state index >= 15 is 0 Å². The van der Waals surface area contributed by atoms with Crippen molar-refractivity contribution < 1.29 is 19.1 Å². The highest BCUT2D eigenvalue weighted by atomic mass is 16.6. The average molecular weight is 325 g/mol. The number of alkyl carbamates (subject to hydrolysis) is 2. The molecule has 1 saturated heterocycles. The van der Waals surface area contributed by atoms with Crippen LogP contribution in [-0.4, -0.2) is 54.6 Å². The normalized spacial score (nSPS) is 20.2. The molecule has 0 aromatic carbocycles. The van der Waals surface area contributed by atoms with Gasteiger partial charge in [0, 0.05) is 31.0 Å². The third kappa shape index (κ3) is 5.32. The van der Waals surface area contributed by atoms with Gasteiger partial charge in [0.2, 0.25) is 0 Å². The van der Waals surface area contributed by atoms with Gasteiger partial charge in [-0.2, -0.15) is 0 Å². The standard InChI is InChI=1S/C16H27N3O4/c1-7-8-19-15(2,3)9-12(10-16(19,4)5)23-14(21)18-11-22-13(20)17-6/h1,12H,8-11H2,2-6H3,(H,17,20)(H,18,21). The molecular weight excluding hydrogens is 298 g/mol. The van der Waals surface area contributed by atoms with E-state index < -0.39 is 12.2 Å². The van der Waals surface area contributed by atoms with Gasteiger partial charge in [0.25, 0.3) is 0 Å². The third-order valence-electron chi connectivity index (χ3n) is 4.06. The topological polar surface area (TPSA) is 79.9 Å². The summed E-state index contributed by atoms with van der Waals surface area (Å²) >= 11 is 0. The molecule has 0 bridgehead atoms. The van der Waals surface area contributed by atoms with Gasteiger partial charge in [0.1, 0.15) is 6.10 Å². The summed E-state index contributed by atoms with van der Waals surface area (Å²) in [6.45, 7) is 8.69. The fraction of sp³-hybridized carbons (Fsp3) is 0.750. The monoisotopic (exact) mass is 325 g/mol. The number of carbonyl (C=O) groups is 2. The minimum absolute atomic E-state index is 0.183. The molecule has 0 spiro atoms. The Morgan fingerprint density at radius 2 is 1.78 bits per heavy atom. The average Bonchev–Trinajstić information content (AvgIpc) is 2.41. The van der Waals surface area contributed by atoms with Gasteiger partial charge in [-0.15, -0.1) is 6.42 Å². The lowest BCUT2D eigenvalue weighted by Gasteiger charge is -2.54. The van der Waals surface area contributed by atoms with Crippen LogP contribution in [0.2, 0.25) is 0 Å². The molecule has 7 nitrogen and oxygen atoms in total. The molecule has 0 aliphatic carbocycles. The molecule has 1 fully saturated rings. The predicted octanol–water partition coefficient (Wildman–Crippen LogP) is 1.68. The number of hydrogen-bond donors (Lipinski definition) is 2. The van der Waals surface area contributed by atoms with E-state index in [0.29, 0.717) is 19.4 Å². The number of amides is 2. The van der Waals surface area contributed by atoms with Gasteiger partial charge >= 0.3 is 12.2 Å². The highest BCUT2D eigenvalue weighted by Crippen LogP contribution is 2.39. The van der Waals surface area contributed by atoms with Crippen LogP contribution in [0, 0.1) is 12.3 Å². The zero-order chi connectivity index (χ0) is 17.7. The molecule has 23 heavy (non-hydrogen) atoms. The molecule has 0 radical (unpaired) electrons. The highest BCUT2D eigenvalue weighted by molar-refractivity contribution is 5.69. The van der Waals surface area contributed by atoms with Crippen molar-refractivity contribution in [2.45, 2.75) is 57.7 Å². The van der Waals surface area contributed by atoms with Crippen molar-refractivity contribution >= 4 is 12.2 Å². The van der Waals surface area contributed by atoms with E-state index in [1.165, 1.54) is 7.05 Å². The Morgan fingerprint density at radius 3 is 2.26 bits per heavy atom. The molecule has 1 heterocycles. The Kier molecular flexibility index (Phi) is 6.28. The summed E-state index contributed by atoms with van der Waals surface area (Å²) in [5.41, 5.74) is -0.366. The van der Waals surface area contributed by atoms with E-state index in [9.17, 15) is 9.59 Å². The van der Waals surface area contributed by atoms with Crippen molar-refractivity contribution in [3.8, 4) is 12.3 Å². The van der Waals surface area contributed by atoms with Gasteiger partial charge in [-0.1, -0.05) is 5.92 Å². The van der Waals surface area contributed by atoms with E-state index in [1.807, 2.05) is 0 Å². The first-order valence-electron chi connectivity index (χ1n) is 7.62. The van der Waals surface area contributed by atoms with Gasteiger partial charge in [-0.3, -0.25) is 10.2 Å². The highest BCUT2D eigenvalue weighted by Gasteiger charge is 2.46. The lowest BCUT2D eigenvalue weighted by Crippen LogP contribution is -2.62. The summed E-state index contributed by atoms with van der Waals surface area (Å²) < 4.78 is 10.2. The molecule has 0 saturated carbocycles. The molecule has 0 aromatic rings. The number of terminal acetylenes is 1. The van der Waals surface area contributed by atoms with E-state index in [0.717, 1.165) is 0 Å². The number of likely N-dealkylation sites (tertiary alicyclic amines) is 1. The molecule has 1 aliphatic rings. The van der Waals surface area contributed by atoms with Crippen LogP contribution >= 0.6 is 0 Å². The lowest BCUT2D eigenvalue weighted by atomic mass is 9.78. The molecule has 1 aliphatic heterocycles. The van der Waals surface area contributed by atoms with Gasteiger partial charge in [0.05, 0.1) is 6.54 Å². The fourth-order valence-electron chi connectivity index (χ4n) is 3.25. The first-order valence-corrected chi connectivity index (χ1v) is 7.62. The largest absolute Gasteiger partial charge is 0.446 e. The molecule has 130 valence electrons. The molecule has 7 heteroatoms. The summed E-state index contributed by atoms with van der Waals surface area (Å²) in [6, 6.07) is 0. The van der Waals surface area contributed by atoms with Crippen LogP contribution in [0.1, 0.15) is 40.5 Å². The lowest BCUT2D eigenvalue weighted by molar-refractivity contribution is -0.0763. The molecule has 1 rings (SSSR count). The van der Waals surface area contributed by atoms with E-state index in [4.69, 9.17) is 11.2 Å². The maximum Gasteiger partial charge on any atom is 0.410 e. The van der Waals surface area contributed by atoms with Crippen molar-refractivity contribution in [2.75, 3.05) is 20.3 Å². The zero-order valence-electron chi connectivity index (χ0n) is 14.6. The number of nitrogens with one attached hydrogen (secondary N) is 2. The second kappa shape index (κ2) is 7.55. The predicted molar refractivity (Wildman–Crippen MR) is 86.7 cm³/mol. The Bertz CT molecular complexity index is 464. The first-order chi connectivity index (χ1) is 10.6. The van der Waals surface area contributed by atoms with Crippen molar-refractivity contribution in [2.24, 2.45) is 0 Å². The van der Waals surface area contributed by atoms with Gasteiger partial charge in [-0.05, 0) is 27.7 Å². The van der Waals surface area contributed by atoms with Gasteiger partial charge in [-0.25, -0.2) is 9.59 Å². The number of rotatable bonds is 4. The first kappa shape index (κ1) is 19.1. The molecule has 2 N–H and O–H groups in total. The number of ether oxygens (including phenoxy) is 2. The maximum atomic E-state index is 11.8. The van der Waals surface area contributed by atoms with Crippen molar-refractivity contribution in [3.05, 3.63) is 0 Å². The van der Waals surface area contributed by atoms with Crippen LogP contribution in [0.5, 0.6) is 0 Å². The minimum atomic E-state index is -0.616. The summed E-state index contributed by atoms with van der Waals surface area (Å²) in [4.78, 5) is 25.0. The van der Waals surface area contributed by atoms with Crippen LogP contribution in [0.25, 0.3) is 0 Å². The second-order valence-electron chi connectivity index (χ2n) is 6.85. The van der Waals surface area contributed by atoms with Crippen molar-refractivity contribution in [1.29, 1.82) is 0 Å². The molecular formula is C16H27N3O4. The number of carbonyl (C=O) groups excluding carboxylic acids is 2. The molecule has 2 amide bonds. The van der Waals surface area contributed by atoms with Crippen LogP contribution in [0.4, 0.5) is 9.59 Å². The smallest absolute Gasteiger partial charge is 0.410 e.